The smallest absolute Gasteiger partial charge is 0.237 e. The zero-order valence-electron chi connectivity index (χ0n) is 8.29. The minimum absolute atomic E-state index is 0.0121. The lowest BCUT2D eigenvalue weighted by molar-refractivity contribution is -0.133. The van der Waals surface area contributed by atoms with Crippen molar-refractivity contribution in [2.75, 3.05) is 6.54 Å². The van der Waals surface area contributed by atoms with Crippen molar-refractivity contribution in [3.05, 3.63) is 0 Å². The van der Waals surface area contributed by atoms with Crippen molar-refractivity contribution >= 4 is 5.91 Å². The van der Waals surface area contributed by atoms with Gasteiger partial charge in [-0.3, -0.25) is 4.79 Å². The Morgan fingerprint density at radius 2 is 2.31 bits per heavy atom. The van der Waals surface area contributed by atoms with E-state index in [9.17, 15) is 4.79 Å². The molecule has 72 valence electrons. The van der Waals surface area contributed by atoms with Crippen molar-refractivity contribution in [2.45, 2.75) is 39.2 Å². The molecule has 0 bridgehead atoms. The lowest BCUT2D eigenvalue weighted by Gasteiger charge is -2.36. The first-order valence-corrected chi connectivity index (χ1v) is 4.81. The lowest BCUT2D eigenvalue weighted by atomic mass is 9.93. The van der Waals surface area contributed by atoms with E-state index in [1.54, 1.807) is 0 Å². The van der Waals surface area contributed by atoms with Crippen LogP contribution in [0, 0.1) is 17.2 Å². The molecule has 0 radical (unpaired) electrons. The van der Waals surface area contributed by atoms with Crippen molar-refractivity contribution in [3.8, 4) is 6.07 Å². The third-order valence-corrected chi connectivity index (χ3v) is 2.69. The second-order valence-electron chi connectivity index (χ2n) is 3.90. The van der Waals surface area contributed by atoms with Crippen molar-refractivity contribution in [3.63, 3.8) is 0 Å². The van der Waals surface area contributed by atoms with E-state index in [1.165, 1.54) is 0 Å². The Morgan fingerprint density at radius 1 is 1.62 bits per heavy atom. The standard InChI is InChI=1S/C10H16N2O/c1-8-4-6-12(9(2)7-8)10(13)3-5-11/h8-9H,3-4,6-7H2,1-2H3. The van der Waals surface area contributed by atoms with Gasteiger partial charge in [-0.05, 0) is 25.7 Å². The third-order valence-electron chi connectivity index (χ3n) is 2.69. The maximum atomic E-state index is 11.4. The fourth-order valence-electron chi connectivity index (χ4n) is 1.95. The van der Waals surface area contributed by atoms with E-state index in [0.717, 1.165) is 19.4 Å². The Bertz CT molecular complexity index is 232. The molecule has 13 heavy (non-hydrogen) atoms. The summed E-state index contributed by atoms with van der Waals surface area (Å²) in [6.07, 6.45) is 2.16. The molecule has 1 rings (SSSR count). The summed E-state index contributed by atoms with van der Waals surface area (Å²) in [5.74, 6) is 0.697. The highest BCUT2D eigenvalue weighted by Gasteiger charge is 2.25. The highest BCUT2D eigenvalue weighted by atomic mass is 16.2. The van der Waals surface area contributed by atoms with Gasteiger partial charge in [0.2, 0.25) is 5.91 Å². The average Bonchev–Trinajstić information content (AvgIpc) is 2.04. The first-order valence-electron chi connectivity index (χ1n) is 4.81. The average molecular weight is 180 g/mol. The van der Waals surface area contributed by atoms with E-state index in [1.807, 2.05) is 11.0 Å². The van der Waals surface area contributed by atoms with Gasteiger partial charge in [-0.15, -0.1) is 0 Å². The Hall–Kier alpha value is -1.04. The minimum Gasteiger partial charge on any atom is -0.339 e. The van der Waals surface area contributed by atoms with Crippen LogP contribution in [0.15, 0.2) is 0 Å². The Kier molecular flexibility index (Phi) is 3.30. The Balaban J connectivity index is 2.51. The number of hydrogen-bond acceptors (Lipinski definition) is 2. The van der Waals surface area contributed by atoms with Crippen LogP contribution in [0.3, 0.4) is 0 Å². The largest absolute Gasteiger partial charge is 0.339 e. The van der Waals surface area contributed by atoms with Crippen LogP contribution in [0.2, 0.25) is 0 Å². The zero-order valence-corrected chi connectivity index (χ0v) is 8.29. The molecule has 0 aliphatic carbocycles. The molecule has 1 heterocycles. The summed E-state index contributed by atoms with van der Waals surface area (Å²) in [5.41, 5.74) is 0. The highest BCUT2D eigenvalue weighted by molar-refractivity contribution is 5.78. The maximum Gasteiger partial charge on any atom is 0.237 e. The van der Waals surface area contributed by atoms with E-state index in [-0.39, 0.29) is 12.3 Å². The SMILES string of the molecule is CC1CCN(C(=O)CC#N)C(C)C1. The van der Waals surface area contributed by atoms with Crippen molar-refractivity contribution in [1.82, 2.24) is 4.90 Å². The number of hydrogen-bond donors (Lipinski definition) is 0. The number of carbonyl (C=O) groups is 1. The summed E-state index contributed by atoms with van der Waals surface area (Å²) in [6.45, 7) is 5.09. The van der Waals surface area contributed by atoms with E-state index in [4.69, 9.17) is 5.26 Å². The molecule has 1 fully saturated rings. The molecule has 0 aromatic carbocycles. The Morgan fingerprint density at radius 3 is 2.85 bits per heavy atom. The van der Waals surface area contributed by atoms with Gasteiger partial charge in [0.25, 0.3) is 0 Å². The van der Waals surface area contributed by atoms with Gasteiger partial charge >= 0.3 is 0 Å². The number of piperidine rings is 1. The van der Waals surface area contributed by atoms with Gasteiger partial charge in [0.05, 0.1) is 6.07 Å². The van der Waals surface area contributed by atoms with E-state index >= 15 is 0 Å². The summed E-state index contributed by atoms with van der Waals surface area (Å²) < 4.78 is 0. The number of nitrogens with zero attached hydrogens (tertiary/aromatic N) is 2. The van der Waals surface area contributed by atoms with E-state index < -0.39 is 0 Å². The van der Waals surface area contributed by atoms with E-state index in [2.05, 4.69) is 13.8 Å². The van der Waals surface area contributed by atoms with Crippen LogP contribution in [0.1, 0.15) is 33.1 Å². The topological polar surface area (TPSA) is 44.1 Å². The quantitative estimate of drug-likeness (QED) is 0.614. The van der Waals surface area contributed by atoms with Crippen LogP contribution in [0.4, 0.5) is 0 Å². The van der Waals surface area contributed by atoms with Crippen molar-refractivity contribution in [1.29, 1.82) is 5.26 Å². The predicted molar refractivity (Wildman–Crippen MR) is 49.8 cm³/mol. The molecule has 3 nitrogen and oxygen atoms in total. The van der Waals surface area contributed by atoms with Gasteiger partial charge in [0, 0.05) is 12.6 Å². The second kappa shape index (κ2) is 4.27. The number of likely N-dealkylation sites (tertiary alicyclic amines) is 1. The predicted octanol–water partition coefficient (Wildman–Crippen LogP) is 1.55. The zero-order chi connectivity index (χ0) is 9.84. The van der Waals surface area contributed by atoms with Crippen LogP contribution in [0.25, 0.3) is 0 Å². The normalized spacial score (nSPS) is 28.2. The molecule has 2 atom stereocenters. The second-order valence-corrected chi connectivity index (χ2v) is 3.90. The molecule has 3 heteroatoms. The molecule has 0 aromatic heterocycles. The van der Waals surface area contributed by atoms with Gasteiger partial charge in [-0.1, -0.05) is 6.92 Å². The molecule has 2 unspecified atom stereocenters. The molecular weight excluding hydrogens is 164 g/mol. The van der Waals surface area contributed by atoms with Crippen LogP contribution >= 0.6 is 0 Å². The van der Waals surface area contributed by atoms with Crippen LogP contribution in [-0.4, -0.2) is 23.4 Å². The molecule has 1 saturated heterocycles. The number of carbonyl (C=O) groups excluding carboxylic acids is 1. The van der Waals surface area contributed by atoms with Crippen LogP contribution in [-0.2, 0) is 4.79 Å². The summed E-state index contributed by atoms with van der Waals surface area (Å²) >= 11 is 0. The highest BCUT2D eigenvalue weighted by Crippen LogP contribution is 2.22. The molecule has 0 spiro atoms. The molecule has 1 amide bonds. The lowest BCUT2D eigenvalue weighted by Crippen LogP contribution is -2.43. The number of rotatable bonds is 1. The Labute approximate surface area is 79.3 Å². The fraction of sp³-hybridized carbons (Fsp3) is 0.800. The number of nitriles is 1. The maximum absolute atomic E-state index is 11.4. The van der Waals surface area contributed by atoms with Crippen molar-refractivity contribution in [2.24, 2.45) is 5.92 Å². The molecule has 1 aliphatic heterocycles. The van der Waals surface area contributed by atoms with Gasteiger partial charge in [-0.25, -0.2) is 0 Å². The van der Waals surface area contributed by atoms with Crippen LogP contribution < -0.4 is 0 Å². The minimum atomic E-state index is -0.0121. The first-order chi connectivity index (χ1) is 6.15. The van der Waals surface area contributed by atoms with Gasteiger partial charge in [-0.2, -0.15) is 5.26 Å². The summed E-state index contributed by atoms with van der Waals surface area (Å²) in [7, 11) is 0. The summed E-state index contributed by atoms with van der Waals surface area (Å²) in [4.78, 5) is 13.3. The third kappa shape index (κ3) is 2.45. The number of amides is 1. The molecule has 0 N–H and O–H groups in total. The van der Waals surface area contributed by atoms with E-state index in [0.29, 0.717) is 12.0 Å². The monoisotopic (exact) mass is 180 g/mol. The van der Waals surface area contributed by atoms with Gasteiger partial charge in [0.1, 0.15) is 6.42 Å². The summed E-state index contributed by atoms with van der Waals surface area (Å²) in [5, 5.41) is 8.41. The fourth-order valence-corrected chi connectivity index (χ4v) is 1.95. The molecule has 0 aromatic rings. The molecular formula is C10H16N2O. The first kappa shape index (κ1) is 10.0. The van der Waals surface area contributed by atoms with Crippen molar-refractivity contribution < 1.29 is 4.79 Å². The van der Waals surface area contributed by atoms with Crippen LogP contribution in [0.5, 0.6) is 0 Å². The van der Waals surface area contributed by atoms with Gasteiger partial charge in [0.15, 0.2) is 0 Å². The molecule has 0 saturated carbocycles. The molecule has 1 aliphatic rings. The summed E-state index contributed by atoms with van der Waals surface area (Å²) in [6, 6.07) is 2.22. The van der Waals surface area contributed by atoms with Gasteiger partial charge < -0.3 is 4.90 Å².